The second-order valence-corrected chi connectivity index (χ2v) is 7.09. The zero-order valence-electron chi connectivity index (χ0n) is 13.5. The fraction of sp³-hybridized carbons (Fsp3) is 0.214. The lowest BCUT2D eigenvalue weighted by Gasteiger charge is -2.06. The molecule has 0 amide bonds. The molecule has 2 heterocycles. The van der Waals surface area contributed by atoms with Crippen LogP contribution in [0.4, 0.5) is 17.6 Å². The number of aromatic nitrogens is 4. The van der Waals surface area contributed by atoms with Crippen LogP contribution in [0.5, 0.6) is 0 Å². The van der Waals surface area contributed by atoms with Crippen molar-refractivity contribution in [2.45, 2.75) is 17.7 Å². The molecule has 0 aliphatic heterocycles. The zero-order valence-corrected chi connectivity index (χ0v) is 14.3. The first kappa shape index (κ1) is 19.0. The summed E-state index contributed by atoms with van der Waals surface area (Å²) >= 11 is 0. The minimum Gasteiger partial charge on any atom is -0.329 e. The number of rotatable bonds is 5. The molecule has 0 fully saturated rings. The first-order valence-electron chi connectivity index (χ1n) is 7.25. The minimum absolute atomic E-state index is 0.0298. The maximum atomic E-state index is 14.2. The molecule has 0 aliphatic rings. The van der Waals surface area contributed by atoms with Crippen LogP contribution in [-0.4, -0.2) is 28.3 Å². The third-order valence-corrected chi connectivity index (χ3v) is 4.69. The molecule has 2 aromatic heterocycles. The Morgan fingerprint density at radius 1 is 1.26 bits per heavy atom. The Balaban J connectivity index is 1.76. The van der Waals surface area contributed by atoms with Crippen molar-refractivity contribution in [2.24, 2.45) is 7.05 Å². The molecule has 0 bridgehead atoms. The average Bonchev–Trinajstić information content (AvgIpc) is 3.22. The van der Waals surface area contributed by atoms with E-state index < -0.39 is 33.7 Å². The van der Waals surface area contributed by atoms with Gasteiger partial charge in [0.15, 0.2) is 5.03 Å². The average molecular weight is 405 g/mol. The summed E-state index contributed by atoms with van der Waals surface area (Å²) in [5.41, 5.74) is -0.0825. The van der Waals surface area contributed by atoms with E-state index in [9.17, 15) is 26.0 Å². The van der Waals surface area contributed by atoms with Crippen LogP contribution < -0.4 is 4.72 Å². The number of nitrogens with zero attached hydrogens (tertiary/aromatic N) is 4. The van der Waals surface area contributed by atoms with Gasteiger partial charge in [-0.1, -0.05) is 17.3 Å². The molecule has 3 aromatic rings. The molecule has 0 unspecified atom stereocenters. The molecule has 0 atom stereocenters. The van der Waals surface area contributed by atoms with Crippen LogP contribution >= 0.6 is 0 Å². The molecule has 0 aliphatic carbocycles. The summed E-state index contributed by atoms with van der Waals surface area (Å²) < 4.78 is 83.3. The number of sulfonamides is 1. The van der Waals surface area contributed by atoms with Crippen molar-refractivity contribution in [2.75, 3.05) is 0 Å². The highest BCUT2D eigenvalue weighted by molar-refractivity contribution is 7.89. The maximum absolute atomic E-state index is 14.2. The van der Waals surface area contributed by atoms with E-state index in [4.69, 9.17) is 0 Å². The van der Waals surface area contributed by atoms with E-state index in [1.54, 1.807) is 7.05 Å². The van der Waals surface area contributed by atoms with Gasteiger partial charge >= 0.3 is 12.1 Å². The van der Waals surface area contributed by atoms with Gasteiger partial charge in [-0.15, -0.1) is 0 Å². The van der Waals surface area contributed by atoms with Gasteiger partial charge in [0.05, 0.1) is 0 Å². The van der Waals surface area contributed by atoms with Crippen molar-refractivity contribution in [3.05, 3.63) is 47.7 Å². The molecular weight excluding hydrogens is 394 g/mol. The molecule has 8 nitrogen and oxygen atoms in total. The molecule has 1 aromatic carbocycles. The molecule has 0 saturated heterocycles. The van der Waals surface area contributed by atoms with Gasteiger partial charge in [-0.05, 0) is 12.1 Å². The summed E-state index contributed by atoms with van der Waals surface area (Å²) in [5, 5.41) is 6.67. The third kappa shape index (κ3) is 4.14. The number of nitrogens with one attached hydrogen (secondary N) is 1. The first-order chi connectivity index (χ1) is 12.6. The Morgan fingerprint density at radius 3 is 2.56 bits per heavy atom. The minimum atomic E-state index is -4.81. The molecule has 1 N–H and O–H groups in total. The molecule has 0 radical (unpaired) electrons. The maximum Gasteiger partial charge on any atom is 0.471 e. The van der Waals surface area contributed by atoms with E-state index in [-0.39, 0.29) is 22.7 Å². The normalized spacial score (nSPS) is 12.5. The monoisotopic (exact) mass is 405 g/mol. The largest absolute Gasteiger partial charge is 0.471 e. The first-order valence-corrected chi connectivity index (χ1v) is 8.73. The predicted molar refractivity (Wildman–Crippen MR) is 81.9 cm³/mol. The van der Waals surface area contributed by atoms with Crippen LogP contribution in [-0.2, 0) is 29.8 Å². The summed E-state index contributed by atoms with van der Waals surface area (Å²) in [6.07, 6.45) is -3.38. The van der Waals surface area contributed by atoms with E-state index in [2.05, 4.69) is 24.5 Å². The highest BCUT2D eigenvalue weighted by atomic mass is 32.2. The van der Waals surface area contributed by atoms with Gasteiger partial charge in [-0.2, -0.15) is 23.3 Å². The van der Waals surface area contributed by atoms with Gasteiger partial charge in [0, 0.05) is 30.9 Å². The summed E-state index contributed by atoms with van der Waals surface area (Å²) in [7, 11) is -2.40. The summed E-state index contributed by atoms with van der Waals surface area (Å²) in [6.45, 7) is -0.384. The molecule has 0 spiro atoms. The molecule has 13 heteroatoms. The van der Waals surface area contributed by atoms with Gasteiger partial charge < -0.3 is 4.52 Å². The SMILES string of the molecule is Cn1ccc(S(=O)(=O)NCc2ccc(-c3noc(C(F)(F)F)n3)cc2F)n1. The standard InChI is InChI=1S/C14H11F4N5O3S/c1-23-5-4-11(21-23)27(24,25)19-7-9-3-2-8(6-10(9)15)12-20-13(26-22-12)14(16,17)18/h2-6,19H,7H2,1H3. The fourth-order valence-electron chi connectivity index (χ4n) is 2.07. The number of alkyl halides is 3. The second-order valence-electron chi connectivity index (χ2n) is 5.38. The van der Waals surface area contributed by atoms with Gasteiger partial charge in [0.1, 0.15) is 5.82 Å². The lowest BCUT2D eigenvalue weighted by Crippen LogP contribution is -2.24. The van der Waals surface area contributed by atoms with E-state index in [1.165, 1.54) is 29.1 Å². The lowest BCUT2D eigenvalue weighted by molar-refractivity contribution is -0.159. The Labute approximate surface area is 149 Å². The molecule has 0 saturated carbocycles. The van der Waals surface area contributed by atoms with Crippen molar-refractivity contribution < 1.29 is 30.5 Å². The van der Waals surface area contributed by atoms with Crippen molar-refractivity contribution in [3.8, 4) is 11.4 Å². The number of benzene rings is 1. The molecule has 3 rings (SSSR count). The van der Waals surface area contributed by atoms with E-state index in [0.29, 0.717) is 0 Å². The topological polar surface area (TPSA) is 103 Å². The molecule has 144 valence electrons. The summed E-state index contributed by atoms with van der Waals surface area (Å²) in [4.78, 5) is 3.16. The highest BCUT2D eigenvalue weighted by Gasteiger charge is 2.38. The van der Waals surface area contributed by atoms with Crippen molar-refractivity contribution >= 4 is 10.0 Å². The van der Waals surface area contributed by atoms with Crippen LogP contribution in [0.2, 0.25) is 0 Å². The van der Waals surface area contributed by atoms with Crippen LogP contribution in [0.3, 0.4) is 0 Å². The Kier molecular flexibility index (Phi) is 4.73. The van der Waals surface area contributed by atoms with Crippen molar-refractivity contribution in [3.63, 3.8) is 0 Å². The molecular formula is C14H11F4N5O3S. The third-order valence-electron chi connectivity index (χ3n) is 3.40. The van der Waals surface area contributed by atoms with Gasteiger partial charge in [0.25, 0.3) is 10.0 Å². The van der Waals surface area contributed by atoms with Crippen molar-refractivity contribution in [1.29, 1.82) is 0 Å². The van der Waals surface area contributed by atoms with Crippen LogP contribution in [0.15, 0.2) is 40.0 Å². The number of halogens is 4. The quantitative estimate of drug-likeness (QED) is 0.653. The van der Waals surface area contributed by atoms with Gasteiger partial charge in [-0.25, -0.2) is 17.5 Å². The Hall–Kier alpha value is -2.80. The Morgan fingerprint density at radius 2 is 2.00 bits per heavy atom. The Bertz CT molecular complexity index is 1070. The predicted octanol–water partition coefficient (Wildman–Crippen LogP) is 2.11. The smallest absolute Gasteiger partial charge is 0.329 e. The zero-order chi connectivity index (χ0) is 19.8. The second kappa shape index (κ2) is 6.74. The number of aryl methyl sites for hydroxylation is 1. The fourth-order valence-corrected chi connectivity index (χ4v) is 3.04. The highest BCUT2D eigenvalue weighted by Crippen LogP contribution is 2.29. The molecule has 27 heavy (non-hydrogen) atoms. The summed E-state index contributed by atoms with van der Waals surface area (Å²) in [6, 6.07) is 4.61. The van der Waals surface area contributed by atoms with Gasteiger partial charge in [0.2, 0.25) is 5.82 Å². The van der Waals surface area contributed by atoms with Crippen molar-refractivity contribution in [1.82, 2.24) is 24.6 Å². The number of hydrogen-bond donors (Lipinski definition) is 1. The van der Waals surface area contributed by atoms with E-state index in [0.717, 1.165) is 6.07 Å². The van der Waals surface area contributed by atoms with E-state index >= 15 is 0 Å². The van der Waals surface area contributed by atoms with Crippen LogP contribution in [0.1, 0.15) is 11.5 Å². The van der Waals surface area contributed by atoms with Crippen LogP contribution in [0.25, 0.3) is 11.4 Å². The number of hydrogen-bond acceptors (Lipinski definition) is 6. The van der Waals surface area contributed by atoms with E-state index in [1.807, 2.05) is 0 Å². The van der Waals surface area contributed by atoms with Gasteiger partial charge in [-0.3, -0.25) is 4.68 Å². The summed E-state index contributed by atoms with van der Waals surface area (Å²) in [5.74, 6) is -2.85. The van der Waals surface area contributed by atoms with Crippen LogP contribution in [0, 0.1) is 5.82 Å². The lowest BCUT2D eigenvalue weighted by atomic mass is 10.1.